The Morgan fingerprint density at radius 2 is 1.91 bits per heavy atom. The Kier molecular flexibility index (Phi) is 7.69. The lowest BCUT2D eigenvalue weighted by Gasteiger charge is -2.20. The Morgan fingerprint density at radius 3 is 2.45 bits per heavy atom. The Morgan fingerprint density at radius 1 is 1.27 bits per heavy atom. The van der Waals surface area contributed by atoms with Crippen molar-refractivity contribution in [3.05, 3.63) is 29.8 Å². The van der Waals surface area contributed by atoms with Crippen LogP contribution < -0.4 is 10.1 Å². The first-order valence-electron chi connectivity index (χ1n) is 7.56. The van der Waals surface area contributed by atoms with Crippen molar-refractivity contribution in [1.29, 1.82) is 0 Å². The Labute approximate surface area is 138 Å². The molecule has 0 heterocycles. The van der Waals surface area contributed by atoms with Crippen LogP contribution in [0.5, 0.6) is 5.75 Å². The molecular weight excluding hydrogens is 300 g/mol. The standard InChI is InChI=1S/C17H27ClN2O2/c1-17(2,13-18)16(21)19-10-9-14-5-7-15(8-6-14)22-12-11-20(3)4/h5-8H,9-13H2,1-4H3,(H,19,21). The van der Waals surface area contributed by atoms with Crippen molar-refractivity contribution in [2.45, 2.75) is 20.3 Å². The summed E-state index contributed by atoms with van der Waals surface area (Å²) in [6.45, 7) is 5.87. The minimum Gasteiger partial charge on any atom is -0.492 e. The zero-order chi connectivity index (χ0) is 16.6. The van der Waals surface area contributed by atoms with E-state index in [2.05, 4.69) is 10.2 Å². The van der Waals surface area contributed by atoms with Crippen LogP contribution in [-0.2, 0) is 11.2 Å². The monoisotopic (exact) mass is 326 g/mol. The third kappa shape index (κ3) is 6.67. The number of carbonyl (C=O) groups excluding carboxylic acids is 1. The number of nitrogens with zero attached hydrogens (tertiary/aromatic N) is 1. The molecule has 4 nitrogen and oxygen atoms in total. The molecule has 1 rings (SSSR count). The summed E-state index contributed by atoms with van der Waals surface area (Å²) in [6, 6.07) is 8.00. The Balaban J connectivity index is 2.34. The van der Waals surface area contributed by atoms with E-state index in [4.69, 9.17) is 16.3 Å². The molecular formula is C17H27ClN2O2. The van der Waals surface area contributed by atoms with Gasteiger partial charge in [-0.05, 0) is 52.1 Å². The number of benzene rings is 1. The zero-order valence-corrected chi connectivity index (χ0v) is 14.7. The highest BCUT2D eigenvalue weighted by molar-refractivity contribution is 6.19. The van der Waals surface area contributed by atoms with Crippen LogP contribution in [0.3, 0.4) is 0 Å². The zero-order valence-electron chi connectivity index (χ0n) is 14.0. The summed E-state index contributed by atoms with van der Waals surface area (Å²) in [5, 5.41) is 2.92. The maximum atomic E-state index is 11.9. The van der Waals surface area contributed by atoms with Gasteiger partial charge in [0.15, 0.2) is 0 Å². The first kappa shape index (κ1) is 18.8. The molecule has 0 saturated heterocycles. The fourth-order valence-electron chi connectivity index (χ4n) is 1.72. The van der Waals surface area contributed by atoms with E-state index in [1.807, 2.05) is 52.2 Å². The molecule has 1 amide bonds. The van der Waals surface area contributed by atoms with E-state index in [-0.39, 0.29) is 5.91 Å². The highest BCUT2D eigenvalue weighted by Crippen LogP contribution is 2.17. The number of hydrogen-bond acceptors (Lipinski definition) is 3. The van der Waals surface area contributed by atoms with Gasteiger partial charge in [0.2, 0.25) is 5.91 Å². The summed E-state index contributed by atoms with van der Waals surface area (Å²) in [4.78, 5) is 14.0. The van der Waals surface area contributed by atoms with Crippen LogP contribution in [0.4, 0.5) is 0 Å². The summed E-state index contributed by atoms with van der Waals surface area (Å²) in [5.74, 6) is 1.18. The number of nitrogens with one attached hydrogen (secondary N) is 1. The van der Waals surface area contributed by atoms with Gasteiger partial charge in [-0.3, -0.25) is 4.79 Å². The molecule has 0 saturated carbocycles. The minimum absolute atomic E-state index is 0.00820. The van der Waals surface area contributed by atoms with E-state index in [1.165, 1.54) is 5.56 Å². The van der Waals surface area contributed by atoms with Crippen molar-refractivity contribution in [2.75, 3.05) is 39.7 Å². The van der Waals surface area contributed by atoms with Gasteiger partial charge in [0.25, 0.3) is 0 Å². The lowest BCUT2D eigenvalue weighted by Crippen LogP contribution is -2.39. The molecule has 124 valence electrons. The summed E-state index contributed by atoms with van der Waals surface area (Å²) >= 11 is 5.78. The van der Waals surface area contributed by atoms with Gasteiger partial charge >= 0.3 is 0 Å². The predicted octanol–water partition coefficient (Wildman–Crippen LogP) is 2.55. The first-order valence-corrected chi connectivity index (χ1v) is 8.09. The second kappa shape index (κ2) is 9.01. The highest BCUT2D eigenvalue weighted by atomic mass is 35.5. The van der Waals surface area contributed by atoms with Gasteiger partial charge < -0.3 is 15.0 Å². The lowest BCUT2D eigenvalue weighted by atomic mass is 9.95. The molecule has 0 aliphatic rings. The molecule has 1 N–H and O–H groups in total. The van der Waals surface area contributed by atoms with Crippen molar-refractivity contribution in [3.8, 4) is 5.75 Å². The smallest absolute Gasteiger partial charge is 0.226 e. The molecule has 0 spiro atoms. The normalized spacial score (nSPS) is 11.5. The quantitative estimate of drug-likeness (QED) is 0.709. The summed E-state index contributed by atoms with van der Waals surface area (Å²) in [5.41, 5.74) is 0.648. The second-order valence-corrected chi connectivity index (χ2v) is 6.59. The maximum Gasteiger partial charge on any atom is 0.226 e. The summed E-state index contributed by atoms with van der Waals surface area (Å²) in [6.07, 6.45) is 0.794. The van der Waals surface area contributed by atoms with Crippen LogP contribution in [-0.4, -0.2) is 50.5 Å². The van der Waals surface area contributed by atoms with E-state index in [0.29, 0.717) is 19.0 Å². The van der Waals surface area contributed by atoms with E-state index in [1.54, 1.807) is 0 Å². The number of rotatable bonds is 9. The molecule has 0 radical (unpaired) electrons. The van der Waals surface area contributed by atoms with Gasteiger partial charge in [0.05, 0.1) is 5.41 Å². The summed E-state index contributed by atoms with van der Waals surface area (Å²) in [7, 11) is 4.04. The molecule has 0 unspecified atom stereocenters. The molecule has 1 aromatic rings. The minimum atomic E-state index is -0.522. The maximum absolute atomic E-state index is 11.9. The highest BCUT2D eigenvalue weighted by Gasteiger charge is 2.25. The van der Waals surface area contributed by atoms with Crippen LogP contribution in [0.25, 0.3) is 0 Å². The van der Waals surface area contributed by atoms with Crippen LogP contribution in [0.2, 0.25) is 0 Å². The molecule has 5 heteroatoms. The molecule has 0 atom stereocenters. The topological polar surface area (TPSA) is 41.6 Å². The van der Waals surface area contributed by atoms with Crippen molar-refractivity contribution < 1.29 is 9.53 Å². The van der Waals surface area contributed by atoms with Crippen molar-refractivity contribution in [1.82, 2.24) is 10.2 Å². The number of halogens is 1. The van der Waals surface area contributed by atoms with Gasteiger partial charge in [-0.15, -0.1) is 11.6 Å². The third-order valence-electron chi connectivity index (χ3n) is 3.38. The van der Waals surface area contributed by atoms with Gasteiger partial charge in [-0.25, -0.2) is 0 Å². The Hall–Kier alpha value is -1.26. The van der Waals surface area contributed by atoms with E-state index in [0.717, 1.165) is 18.7 Å². The number of ether oxygens (including phenoxy) is 1. The van der Waals surface area contributed by atoms with Crippen LogP contribution in [0, 0.1) is 5.41 Å². The van der Waals surface area contributed by atoms with E-state index >= 15 is 0 Å². The largest absolute Gasteiger partial charge is 0.492 e. The molecule has 22 heavy (non-hydrogen) atoms. The van der Waals surface area contributed by atoms with E-state index < -0.39 is 5.41 Å². The van der Waals surface area contributed by atoms with Gasteiger partial charge in [-0.1, -0.05) is 12.1 Å². The second-order valence-electron chi connectivity index (χ2n) is 6.32. The fourth-order valence-corrected chi connectivity index (χ4v) is 1.84. The van der Waals surface area contributed by atoms with E-state index in [9.17, 15) is 4.79 Å². The molecule has 0 fully saturated rings. The number of carbonyl (C=O) groups is 1. The van der Waals surface area contributed by atoms with Crippen molar-refractivity contribution in [3.63, 3.8) is 0 Å². The van der Waals surface area contributed by atoms with Crippen molar-refractivity contribution >= 4 is 17.5 Å². The summed E-state index contributed by atoms with van der Waals surface area (Å²) < 4.78 is 5.65. The lowest BCUT2D eigenvalue weighted by molar-refractivity contribution is -0.128. The third-order valence-corrected chi connectivity index (χ3v) is 4.05. The van der Waals surface area contributed by atoms with Crippen molar-refractivity contribution in [2.24, 2.45) is 5.41 Å². The van der Waals surface area contributed by atoms with Crippen LogP contribution in [0.15, 0.2) is 24.3 Å². The molecule has 0 aliphatic heterocycles. The average molecular weight is 327 g/mol. The van der Waals surface area contributed by atoms with Gasteiger partial charge in [0.1, 0.15) is 12.4 Å². The SMILES string of the molecule is CN(C)CCOc1ccc(CCNC(=O)C(C)(C)CCl)cc1. The molecule has 1 aromatic carbocycles. The Bertz CT molecular complexity index is 458. The molecule has 0 bridgehead atoms. The molecule has 0 aliphatic carbocycles. The van der Waals surface area contributed by atoms with Gasteiger partial charge in [-0.2, -0.15) is 0 Å². The average Bonchev–Trinajstić information content (AvgIpc) is 2.48. The van der Waals surface area contributed by atoms with Crippen LogP contribution in [0.1, 0.15) is 19.4 Å². The number of hydrogen-bond donors (Lipinski definition) is 1. The molecule has 0 aromatic heterocycles. The number of amides is 1. The first-order chi connectivity index (χ1) is 10.3. The van der Waals surface area contributed by atoms with Crippen LogP contribution >= 0.6 is 11.6 Å². The fraction of sp³-hybridized carbons (Fsp3) is 0.588. The predicted molar refractivity (Wildman–Crippen MR) is 91.7 cm³/mol. The number of alkyl halides is 1. The number of likely N-dealkylation sites (N-methyl/N-ethyl adjacent to an activating group) is 1. The van der Waals surface area contributed by atoms with Gasteiger partial charge in [0, 0.05) is 19.0 Å².